The van der Waals surface area contributed by atoms with Crippen molar-refractivity contribution in [2.75, 3.05) is 7.05 Å². The van der Waals surface area contributed by atoms with Gasteiger partial charge in [0, 0.05) is 30.1 Å². The molecule has 3 nitrogen and oxygen atoms in total. The Labute approximate surface area is 216 Å². The minimum absolute atomic E-state index is 0.153. The zero-order valence-corrected chi connectivity index (χ0v) is 22.0. The van der Waals surface area contributed by atoms with E-state index in [2.05, 4.69) is 77.9 Å². The lowest BCUT2D eigenvalue weighted by atomic mass is 9.41. The third-order valence-electron chi connectivity index (χ3n) is 10.0. The van der Waals surface area contributed by atoms with Gasteiger partial charge in [-0.05, 0) is 93.2 Å². The molecule has 0 heterocycles. The Morgan fingerprint density at radius 3 is 2.14 bits per heavy atom. The molecule has 4 bridgehead atoms. The maximum absolute atomic E-state index is 6.31. The van der Waals surface area contributed by atoms with Crippen LogP contribution in [0.5, 0.6) is 0 Å². The molecule has 0 spiro atoms. The molecule has 3 N–H and O–H groups in total. The molecule has 35 heavy (non-hydrogen) atoms. The number of nitrogens with one attached hydrogen (secondary N) is 1. The molecule has 0 aliphatic heterocycles. The number of benzene rings is 2. The van der Waals surface area contributed by atoms with Gasteiger partial charge in [-0.25, -0.2) is 0 Å². The normalized spacial score (nSPS) is 38.0. The van der Waals surface area contributed by atoms with Gasteiger partial charge in [-0.1, -0.05) is 72.9 Å². The quantitative estimate of drug-likeness (QED) is 0.504. The molecule has 5 aliphatic carbocycles. The Morgan fingerprint density at radius 1 is 0.914 bits per heavy atom. The first kappa shape index (κ1) is 23.6. The molecule has 0 amide bonds. The molecule has 2 aromatic rings. The zero-order chi connectivity index (χ0) is 24.0. The van der Waals surface area contributed by atoms with Crippen LogP contribution in [0.15, 0.2) is 60.7 Å². The highest BCUT2D eigenvalue weighted by molar-refractivity contribution is 7.80. The fourth-order valence-corrected chi connectivity index (χ4v) is 9.22. The van der Waals surface area contributed by atoms with Gasteiger partial charge >= 0.3 is 0 Å². The summed E-state index contributed by atoms with van der Waals surface area (Å²) in [6.45, 7) is 1.04. The van der Waals surface area contributed by atoms with Crippen LogP contribution in [0.4, 0.5) is 0 Å². The summed E-state index contributed by atoms with van der Waals surface area (Å²) in [5.41, 5.74) is 9.59. The standard InChI is InChI=1S/C31H41N3S/c1-34(20-22-8-4-2-5-9-22)28-23-16-30(25-10-6-3-7-11-25)17-24(28)19-31(18-23,21-30)29(35)33-27-14-12-26(32)13-15-27/h2-11,23-24,26-28H,12-21,32H2,1H3,(H,33,35). The summed E-state index contributed by atoms with van der Waals surface area (Å²) in [4.78, 5) is 3.85. The van der Waals surface area contributed by atoms with Gasteiger partial charge in [-0.2, -0.15) is 0 Å². The summed E-state index contributed by atoms with van der Waals surface area (Å²) in [7, 11) is 2.36. The Hall–Kier alpha value is -1.75. The van der Waals surface area contributed by atoms with Crippen LogP contribution in [0.1, 0.15) is 68.9 Å². The monoisotopic (exact) mass is 487 g/mol. The predicted octanol–water partition coefficient (Wildman–Crippen LogP) is 5.82. The van der Waals surface area contributed by atoms with E-state index in [4.69, 9.17) is 18.0 Å². The Balaban J connectivity index is 1.27. The SMILES string of the molecule is CN(Cc1ccccc1)C1C2CC3(C(=S)NC4CCC(N)CC4)CC1CC(c1ccccc1)(C2)C3. The van der Waals surface area contributed by atoms with E-state index in [1.165, 1.54) is 42.7 Å². The average Bonchev–Trinajstić information content (AvgIpc) is 2.86. The van der Waals surface area contributed by atoms with Crippen LogP contribution in [0.25, 0.3) is 0 Å². The first-order valence-electron chi connectivity index (χ1n) is 13.8. The van der Waals surface area contributed by atoms with Crippen LogP contribution in [-0.2, 0) is 12.0 Å². The number of hydrogen-bond donors (Lipinski definition) is 2. The van der Waals surface area contributed by atoms with Crippen LogP contribution in [0, 0.1) is 17.3 Å². The van der Waals surface area contributed by atoms with E-state index in [0.29, 0.717) is 30.0 Å². The smallest absolute Gasteiger partial charge is 0.0818 e. The fourth-order valence-electron chi connectivity index (χ4n) is 8.82. The fraction of sp³-hybridized carbons (Fsp3) is 0.581. The van der Waals surface area contributed by atoms with E-state index in [1.54, 1.807) is 5.56 Å². The van der Waals surface area contributed by atoms with Gasteiger partial charge in [0.1, 0.15) is 0 Å². The molecule has 0 saturated heterocycles. The average molecular weight is 488 g/mol. The number of nitrogens with zero attached hydrogens (tertiary/aromatic N) is 1. The molecule has 5 fully saturated rings. The number of thiocarbonyl (C=S) groups is 1. The molecule has 2 unspecified atom stereocenters. The minimum Gasteiger partial charge on any atom is -0.376 e. The van der Waals surface area contributed by atoms with Crippen molar-refractivity contribution in [3.8, 4) is 0 Å². The van der Waals surface area contributed by atoms with Gasteiger partial charge in [0.25, 0.3) is 0 Å². The van der Waals surface area contributed by atoms with Crippen molar-refractivity contribution >= 4 is 17.2 Å². The van der Waals surface area contributed by atoms with Gasteiger partial charge in [0.05, 0.1) is 4.99 Å². The van der Waals surface area contributed by atoms with Crippen molar-refractivity contribution < 1.29 is 0 Å². The lowest BCUT2D eigenvalue weighted by molar-refractivity contribution is -0.0971. The molecule has 7 rings (SSSR count). The van der Waals surface area contributed by atoms with Crippen molar-refractivity contribution in [2.45, 2.75) is 87.9 Å². The number of nitrogens with two attached hydrogens (primary N) is 1. The lowest BCUT2D eigenvalue weighted by Crippen LogP contribution is -2.66. The molecular formula is C31H41N3S. The topological polar surface area (TPSA) is 41.3 Å². The van der Waals surface area contributed by atoms with Crippen LogP contribution >= 0.6 is 12.2 Å². The van der Waals surface area contributed by atoms with E-state index >= 15 is 0 Å². The summed E-state index contributed by atoms with van der Waals surface area (Å²) < 4.78 is 0. The predicted molar refractivity (Wildman–Crippen MR) is 148 cm³/mol. The summed E-state index contributed by atoms with van der Waals surface area (Å²) in [5.74, 6) is 1.40. The highest BCUT2D eigenvalue weighted by atomic mass is 32.1. The van der Waals surface area contributed by atoms with Crippen molar-refractivity contribution in [1.29, 1.82) is 0 Å². The van der Waals surface area contributed by atoms with E-state index in [0.717, 1.165) is 32.2 Å². The van der Waals surface area contributed by atoms with E-state index in [9.17, 15) is 0 Å². The second kappa shape index (κ2) is 9.28. The van der Waals surface area contributed by atoms with Gasteiger partial charge in [-0.3, -0.25) is 4.90 Å². The minimum atomic E-state index is 0.153. The maximum atomic E-state index is 6.31. The third-order valence-corrected chi connectivity index (χ3v) is 10.6. The lowest BCUT2D eigenvalue weighted by Gasteiger charge is -2.66. The third kappa shape index (κ3) is 4.36. The summed E-state index contributed by atoms with van der Waals surface area (Å²) in [6, 6.07) is 24.0. The van der Waals surface area contributed by atoms with Gasteiger partial charge in [-0.15, -0.1) is 0 Å². The molecule has 5 saturated carbocycles. The largest absolute Gasteiger partial charge is 0.376 e. The van der Waals surface area contributed by atoms with Crippen LogP contribution in [0.2, 0.25) is 0 Å². The molecule has 0 aromatic heterocycles. The molecule has 4 heteroatoms. The highest BCUT2D eigenvalue weighted by Gasteiger charge is 2.63. The van der Waals surface area contributed by atoms with E-state index < -0.39 is 0 Å². The van der Waals surface area contributed by atoms with E-state index in [-0.39, 0.29) is 10.8 Å². The Bertz CT molecular complexity index is 1010. The molecule has 5 aliphatic rings. The first-order chi connectivity index (χ1) is 17.0. The molecule has 2 atom stereocenters. The summed E-state index contributed by atoms with van der Waals surface area (Å²) >= 11 is 6.31. The van der Waals surface area contributed by atoms with Crippen molar-refractivity contribution in [2.24, 2.45) is 23.0 Å². The van der Waals surface area contributed by atoms with Gasteiger partial charge in [0.15, 0.2) is 0 Å². The van der Waals surface area contributed by atoms with E-state index in [1.807, 2.05) is 0 Å². The molecule has 186 valence electrons. The van der Waals surface area contributed by atoms with Gasteiger partial charge < -0.3 is 11.1 Å². The second-order valence-electron chi connectivity index (χ2n) is 12.4. The number of hydrogen-bond acceptors (Lipinski definition) is 3. The summed E-state index contributed by atoms with van der Waals surface area (Å²) in [6.07, 6.45) is 10.9. The highest BCUT2D eigenvalue weighted by Crippen LogP contribution is 2.66. The maximum Gasteiger partial charge on any atom is 0.0818 e. The van der Waals surface area contributed by atoms with Crippen molar-refractivity contribution in [3.05, 3.63) is 71.8 Å². The second-order valence-corrected chi connectivity index (χ2v) is 12.8. The summed E-state index contributed by atoms with van der Waals surface area (Å²) in [5, 5.41) is 3.91. The van der Waals surface area contributed by atoms with Gasteiger partial charge in [0.2, 0.25) is 0 Å². The van der Waals surface area contributed by atoms with Crippen molar-refractivity contribution in [3.63, 3.8) is 0 Å². The zero-order valence-electron chi connectivity index (χ0n) is 21.2. The van der Waals surface area contributed by atoms with Crippen molar-refractivity contribution in [1.82, 2.24) is 10.2 Å². The van der Waals surface area contributed by atoms with Crippen LogP contribution in [-0.4, -0.2) is 35.1 Å². The Morgan fingerprint density at radius 2 is 1.51 bits per heavy atom. The van der Waals surface area contributed by atoms with Crippen LogP contribution in [0.3, 0.4) is 0 Å². The molecular weight excluding hydrogens is 446 g/mol. The Kier molecular flexibility index (Phi) is 6.27. The van der Waals surface area contributed by atoms with Crippen LogP contribution < -0.4 is 11.1 Å². The molecule has 2 aromatic carbocycles. The first-order valence-corrected chi connectivity index (χ1v) is 14.2. The number of rotatable bonds is 6. The molecule has 0 radical (unpaired) electrons.